The van der Waals surface area contributed by atoms with E-state index in [1.54, 1.807) is 24.3 Å². The van der Waals surface area contributed by atoms with Gasteiger partial charge in [-0.25, -0.2) is 9.18 Å². The molecule has 0 unspecified atom stereocenters. The number of esters is 1. The van der Waals surface area contributed by atoms with E-state index in [4.69, 9.17) is 27.9 Å². The van der Waals surface area contributed by atoms with Gasteiger partial charge in [0.15, 0.2) is 6.61 Å². The van der Waals surface area contributed by atoms with Crippen molar-refractivity contribution in [1.82, 2.24) is 0 Å². The van der Waals surface area contributed by atoms with Gasteiger partial charge in [-0.2, -0.15) is 0 Å². The Hall–Kier alpha value is -2.37. The minimum absolute atomic E-state index is 0.193. The first kappa shape index (κ1) is 18.0. The Labute approximate surface area is 147 Å². The summed E-state index contributed by atoms with van der Waals surface area (Å²) in [5.41, 5.74) is 0.553. The van der Waals surface area contributed by atoms with Crippen LogP contribution in [-0.4, -0.2) is 18.5 Å². The number of carbonyl (C=O) groups is 2. The van der Waals surface area contributed by atoms with Crippen molar-refractivity contribution in [2.45, 2.75) is 0 Å². The number of halogens is 3. The van der Waals surface area contributed by atoms with Gasteiger partial charge < -0.3 is 10.1 Å². The predicted molar refractivity (Wildman–Crippen MR) is 91.5 cm³/mol. The van der Waals surface area contributed by atoms with Crippen LogP contribution in [0, 0.1) is 5.82 Å². The largest absolute Gasteiger partial charge is 0.452 e. The molecule has 0 bridgehead atoms. The molecule has 0 fully saturated rings. The molecule has 0 heterocycles. The molecule has 4 nitrogen and oxygen atoms in total. The van der Waals surface area contributed by atoms with Crippen LogP contribution in [0.3, 0.4) is 0 Å². The molecular formula is C17H12Cl2FNO3. The zero-order chi connectivity index (χ0) is 17.5. The van der Waals surface area contributed by atoms with Crippen LogP contribution in [0.2, 0.25) is 10.0 Å². The van der Waals surface area contributed by atoms with Gasteiger partial charge in [-0.1, -0.05) is 47.5 Å². The number of nitrogens with one attached hydrogen (secondary N) is 1. The van der Waals surface area contributed by atoms with E-state index in [1.165, 1.54) is 24.3 Å². The molecule has 0 atom stereocenters. The summed E-state index contributed by atoms with van der Waals surface area (Å²) in [6.45, 7) is -0.511. The highest BCUT2D eigenvalue weighted by Crippen LogP contribution is 2.29. The quantitative estimate of drug-likeness (QED) is 0.632. The van der Waals surface area contributed by atoms with Crippen LogP contribution < -0.4 is 5.32 Å². The second kappa shape index (κ2) is 8.47. The second-order valence-corrected chi connectivity index (χ2v) is 5.40. The van der Waals surface area contributed by atoms with Crippen LogP contribution in [-0.2, 0) is 14.3 Å². The van der Waals surface area contributed by atoms with E-state index in [0.717, 1.165) is 6.08 Å². The molecule has 0 aliphatic carbocycles. The van der Waals surface area contributed by atoms with Crippen LogP contribution in [0.5, 0.6) is 0 Å². The summed E-state index contributed by atoms with van der Waals surface area (Å²) >= 11 is 11.8. The van der Waals surface area contributed by atoms with Crippen molar-refractivity contribution in [3.8, 4) is 0 Å². The van der Waals surface area contributed by atoms with Crippen molar-refractivity contribution in [2.75, 3.05) is 11.9 Å². The first-order chi connectivity index (χ1) is 11.5. The highest BCUT2D eigenvalue weighted by Gasteiger charge is 2.10. The van der Waals surface area contributed by atoms with E-state index in [1.807, 2.05) is 0 Å². The molecule has 0 aromatic heterocycles. The number of carbonyl (C=O) groups excluding carboxylic acids is 2. The van der Waals surface area contributed by atoms with E-state index < -0.39 is 24.3 Å². The molecule has 0 aliphatic rings. The van der Waals surface area contributed by atoms with Gasteiger partial charge in [0.25, 0.3) is 5.91 Å². The first-order valence-electron chi connectivity index (χ1n) is 6.80. The molecule has 0 saturated carbocycles. The first-order valence-corrected chi connectivity index (χ1v) is 7.56. The summed E-state index contributed by atoms with van der Waals surface area (Å²) in [7, 11) is 0. The number of rotatable bonds is 5. The Bertz CT molecular complexity index is 793. The molecule has 0 radical (unpaired) electrons. The highest BCUT2D eigenvalue weighted by molar-refractivity contribution is 6.44. The van der Waals surface area contributed by atoms with Gasteiger partial charge in [-0.3, -0.25) is 4.79 Å². The molecule has 24 heavy (non-hydrogen) atoms. The molecule has 124 valence electrons. The Balaban J connectivity index is 1.86. The number of hydrogen-bond acceptors (Lipinski definition) is 3. The summed E-state index contributed by atoms with van der Waals surface area (Å²) in [5, 5.41) is 2.96. The van der Waals surface area contributed by atoms with Crippen molar-refractivity contribution in [2.24, 2.45) is 0 Å². The molecule has 1 amide bonds. The molecule has 7 heteroatoms. The van der Waals surface area contributed by atoms with Crippen molar-refractivity contribution in [3.63, 3.8) is 0 Å². The van der Waals surface area contributed by atoms with Crippen LogP contribution in [0.25, 0.3) is 6.08 Å². The van der Waals surface area contributed by atoms with Crippen LogP contribution in [0.4, 0.5) is 10.1 Å². The van der Waals surface area contributed by atoms with Crippen molar-refractivity contribution < 1.29 is 18.7 Å². The van der Waals surface area contributed by atoms with Gasteiger partial charge in [0.2, 0.25) is 0 Å². The number of hydrogen-bond donors (Lipinski definition) is 1. The van der Waals surface area contributed by atoms with Crippen molar-refractivity contribution in [3.05, 3.63) is 70.0 Å². The monoisotopic (exact) mass is 367 g/mol. The molecule has 1 N–H and O–H groups in total. The van der Waals surface area contributed by atoms with E-state index in [0.29, 0.717) is 10.7 Å². The molecule has 0 aliphatic heterocycles. The Morgan fingerprint density at radius 3 is 2.62 bits per heavy atom. The predicted octanol–water partition coefficient (Wildman–Crippen LogP) is 4.33. The summed E-state index contributed by atoms with van der Waals surface area (Å²) in [6, 6.07) is 10.7. The van der Waals surface area contributed by atoms with Crippen molar-refractivity contribution >= 4 is 46.8 Å². The number of anilines is 1. The van der Waals surface area contributed by atoms with Gasteiger partial charge in [-0.15, -0.1) is 0 Å². The number of amides is 1. The standard InChI is InChI=1S/C17H12Cl2FNO3/c18-12-5-3-7-14(17(12)19)21-15(22)10-24-16(23)9-8-11-4-1-2-6-13(11)20/h1-9H,10H2,(H,21,22)/b9-8+. The lowest BCUT2D eigenvalue weighted by atomic mass is 10.2. The van der Waals surface area contributed by atoms with E-state index in [2.05, 4.69) is 5.32 Å². The minimum Gasteiger partial charge on any atom is -0.452 e. The third kappa shape index (κ3) is 5.08. The van der Waals surface area contributed by atoms with Gasteiger partial charge >= 0.3 is 5.97 Å². The molecule has 2 aromatic rings. The number of ether oxygens (including phenoxy) is 1. The third-order valence-corrected chi connectivity index (χ3v) is 3.69. The Kier molecular flexibility index (Phi) is 6.35. The normalized spacial score (nSPS) is 10.6. The van der Waals surface area contributed by atoms with E-state index in [-0.39, 0.29) is 10.6 Å². The van der Waals surface area contributed by atoms with Crippen molar-refractivity contribution in [1.29, 1.82) is 0 Å². The van der Waals surface area contributed by atoms with Crippen LogP contribution >= 0.6 is 23.2 Å². The fraction of sp³-hybridized carbons (Fsp3) is 0.0588. The fourth-order valence-electron chi connectivity index (χ4n) is 1.74. The average molecular weight is 368 g/mol. The SMILES string of the molecule is O=C(COC(=O)/C=C/c1ccccc1F)Nc1cccc(Cl)c1Cl. The van der Waals surface area contributed by atoms with Gasteiger partial charge in [-0.05, 0) is 24.3 Å². The molecule has 2 aromatic carbocycles. The third-order valence-electron chi connectivity index (χ3n) is 2.88. The smallest absolute Gasteiger partial charge is 0.331 e. The minimum atomic E-state index is -0.773. The van der Waals surface area contributed by atoms with Crippen LogP contribution in [0.15, 0.2) is 48.5 Å². The van der Waals surface area contributed by atoms with Gasteiger partial charge in [0.1, 0.15) is 5.82 Å². The fourth-order valence-corrected chi connectivity index (χ4v) is 2.09. The summed E-state index contributed by atoms with van der Waals surface area (Å²) in [5.74, 6) is -1.81. The lowest BCUT2D eigenvalue weighted by Crippen LogP contribution is -2.20. The maximum atomic E-state index is 13.4. The molecule has 0 saturated heterocycles. The Morgan fingerprint density at radius 1 is 1.12 bits per heavy atom. The number of benzene rings is 2. The lowest BCUT2D eigenvalue weighted by Gasteiger charge is -2.08. The summed E-state index contributed by atoms with van der Waals surface area (Å²) in [4.78, 5) is 23.3. The van der Waals surface area contributed by atoms with Gasteiger partial charge in [0, 0.05) is 11.6 Å². The van der Waals surface area contributed by atoms with Gasteiger partial charge in [0.05, 0.1) is 15.7 Å². The molecule has 0 spiro atoms. The lowest BCUT2D eigenvalue weighted by molar-refractivity contribution is -0.142. The zero-order valence-electron chi connectivity index (χ0n) is 12.3. The highest BCUT2D eigenvalue weighted by atomic mass is 35.5. The van der Waals surface area contributed by atoms with E-state index >= 15 is 0 Å². The average Bonchev–Trinajstić information content (AvgIpc) is 2.56. The Morgan fingerprint density at radius 2 is 1.88 bits per heavy atom. The van der Waals surface area contributed by atoms with E-state index in [9.17, 15) is 14.0 Å². The maximum Gasteiger partial charge on any atom is 0.331 e. The molecular weight excluding hydrogens is 356 g/mol. The summed E-state index contributed by atoms with van der Waals surface area (Å²) in [6.07, 6.45) is 2.31. The maximum absolute atomic E-state index is 13.4. The summed E-state index contributed by atoms with van der Waals surface area (Å²) < 4.78 is 18.1. The second-order valence-electron chi connectivity index (χ2n) is 4.61. The topological polar surface area (TPSA) is 55.4 Å². The van der Waals surface area contributed by atoms with Crippen LogP contribution in [0.1, 0.15) is 5.56 Å². The zero-order valence-corrected chi connectivity index (χ0v) is 13.8. The molecule has 2 rings (SSSR count).